The fraction of sp³-hybridized carbons (Fsp3) is 0.471. The number of hydrogen-bond acceptors (Lipinski definition) is 2. The van der Waals surface area contributed by atoms with Crippen LogP contribution in [0.4, 0.5) is 0 Å². The Balaban J connectivity index is 1.83. The fourth-order valence-corrected chi connectivity index (χ4v) is 3.37. The van der Waals surface area contributed by atoms with Crippen LogP contribution in [0.25, 0.3) is 0 Å². The first-order chi connectivity index (χ1) is 9.75. The van der Waals surface area contributed by atoms with Gasteiger partial charge in [0.1, 0.15) is 5.82 Å². The Hall–Kier alpha value is -1.61. The highest BCUT2D eigenvalue weighted by Crippen LogP contribution is 2.38. The van der Waals surface area contributed by atoms with Crippen LogP contribution in [0.1, 0.15) is 43.3 Å². The number of aryl methyl sites for hydroxylation is 1. The summed E-state index contributed by atoms with van der Waals surface area (Å²) < 4.78 is 0. The maximum absolute atomic E-state index is 4.31. The van der Waals surface area contributed by atoms with E-state index in [9.17, 15) is 0 Å². The smallest absolute Gasteiger partial charge is 0.120 e. The summed E-state index contributed by atoms with van der Waals surface area (Å²) in [6.45, 7) is 5.47. The second-order valence-electron chi connectivity index (χ2n) is 6.04. The van der Waals surface area contributed by atoms with E-state index in [0.29, 0.717) is 17.9 Å². The van der Waals surface area contributed by atoms with Gasteiger partial charge in [0.05, 0.1) is 6.54 Å². The van der Waals surface area contributed by atoms with Crippen molar-refractivity contribution in [3.05, 3.63) is 53.6 Å². The zero-order valence-electron chi connectivity index (χ0n) is 12.3. The van der Waals surface area contributed by atoms with Crippen molar-refractivity contribution in [3.8, 4) is 0 Å². The van der Waals surface area contributed by atoms with E-state index in [1.165, 1.54) is 24.0 Å². The van der Waals surface area contributed by atoms with Crippen molar-refractivity contribution < 1.29 is 0 Å². The van der Waals surface area contributed by atoms with Crippen LogP contribution in [-0.2, 0) is 13.0 Å². The number of nitrogens with zero attached hydrogens (tertiary/aromatic N) is 1. The first-order valence-corrected chi connectivity index (χ1v) is 7.55. The van der Waals surface area contributed by atoms with Crippen LogP contribution >= 0.6 is 0 Å². The maximum Gasteiger partial charge on any atom is 0.120 e. The minimum Gasteiger partial charge on any atom is -0.348 e. The topological polar surface area (TPSA) is 40.7 Å². The van der Waals surface area contributed by atoms with E-state index in [1.807, 2.05) is 12.4 Å². The summed E-state index contributed by atoms with van der Waals surface area (Å²) in [7, 11) is 0. The van der Waals surface area contributed by atoms with Gasteiger partial charge in [-0.3, -0.25) is 0 Å². The van der Waals surface area contributed by atoms with Crippen LogP contribution in [0, 0.1) is 11.8 Å². The van der Waals surface area contributed by atoms with Crippen molar-refractivity contribution in [2.45, 2.75) is 39.3 Å². The molecule has 1 aromatic carbocycles. The Morgan fingerprint density at radius 3 is 2.95 bits per heavy atom. The zero-order valence-corrected chi connectivity index (χ0v) is 12.3. The molecule has 0 saturated heterocycles. The lowest BCUT2D eigenvalue weighted by Crippen LogP contribution is -2.35. The molecule has 2 N–H and O–H groups in total. The molecule has 0 saturated carbocycles. The van der Waals surface area contributed by atoms with Gasteiger partial charge in [-0.15, -0.1) is 0 Å². The molecule has 0 radical (unpaired) electrons. The summed E-state index contributed by atoms with van der Waals surface area (Å²) in [6.07, 6.45) is 6.17. The second kappa shape index (κ2) is 5.80. The summed E-state index contributed by atoms with van der Waals surface area (Å²) in [5, 5.41) is 3.72. The minimum absolute atomic E-state index is 0.435. The van der Waals surface area contributed by atoms with Crippen molar-refractivity contribution in [2.75, 3.05) is 0 Å². The second-order valence-corrected chi connectivity index (χ2v) is 6.04. The number of benzene rings is 1. The van der Waals surface area contributed by atoms with Crippen LogP contribution in [0.2, 0.25) is 0 Å². The summed E-state index contributed by atoms with van der Waals surface area (Å²) in [6, 6.07) is 9.29. The molecule has 3 rings (SSSR count). The number of nitrogens with one attached hydrogen (secondary N) is 2. The Morgan fingerprint density at radius 1 is 1.35 bits per heavy atom. The van der Waals surface area contributed by atoms with Gasteiger partial charge in [-0.2, -0.15) is 0 Å². The molecule has 2 aromatic rings. The number of hydrogen-bond donors (Lipinski definition) is 2. The molecule has 2 atom stereocenters. The van der Waals surface area contributed by atoms with Crippen LogP contribution in [-0.4, -0.2) is 9.97 Å². The molecule has 3 heteroatoms. The Bertz CT molecular complexity index is 545. The van der Waals surface area contributed by atoms with Crippen molar-refractivity contribution in [1.82, 2.24) is 15.3 Å². The fourth-order valence-electron chi connectivity index (χ4n) is 3.37. The molecule has 1 aliphatic carbocycles. The van der Waals surface area contributed by atoms with Gasteiger partial charge in [-0.05, 0) is 35.8 Å². The molecule has 1 heterocycles. The molecular weight excluding hydrogens is 246 g/mol. The van der Waals surface area contributed by atoms with Gasteiger partial charge >= 0.3 is 0 Å². The van der Waals surface area contributed by atoms with Gasteiger partial charge in [-0.25, -0.2) is 4.98 Å². The number of imidazole rings is 1. The zero-order chi connectivity index (χ0) is 13.9. The molecule has 0 amide bonds. The summed E-state index contributed by atoms with van der Waals surface area (Å²) in [5.41, 5.74) is 2.98. The Labute approximate surface area is 120 Å². The predicted octanol–water partition coefficient (Wildman–Crippen LogP) is 3.46. The van der Waals surface area contributed by atoms with Gasteiger partial charge in [0.2, 0.25) is 0 Å². The molecule has 0 spiro atoms. The van der Waals surface area contributed by atoms with Crippen molar-refractivity contribution in [3.63, 3.8) is 0 Å². The van der Waals surface area contributed by atoms with E-state index < -0.39 is 0 Å². The third-order valence-corrected chi connectivity index (χ3v) is 4.47. The normalized spacial score (nSPS) is 21.9. The molecule has 0 aliphatic heterocycles. The molecule has 3 nitrogen and oxygen atoms in total. The highest BCUT2D eigenvalue weighted by Gasteiger charge is 2.30. The van der Waals surface area contributed by atoms with Crippen LogP contribution in [0.5, 0.6) is 0 Å². The van der Waals surface area contributed by atoms with Gasteiger partial charge in [-0.1, -0.05) is 38.1 Å². The average molecular weight is 269 g/mol. The minimum atomic E-state index is 0.435. The van der Waals surface area contributed by atoms with Crippen LogP contribution in [0.15, 0.2) is 36.7 Å². The molecule has 20 heavy (non-hydrogen) atoms. The molecule has 1 aromatic heterocycles. The first-order valence-electron chi connectivity index (χ1n) is 7.55. The number of aromatic nitrogens is 2. The lowest BCUT2D eigenvalue weighted by Gasteiger charge is -2.36. The molecule has 0 unspecified atom stereocenters. The SMILES string of the molecule is CC(C)[C@H]1CCc2ccccc2[C@H]1NCc1ncc[nH]1. The number of H-pyrrole nitrogens is 1. The van der Waals surface area contributed by atoms with Crippen molar-refractivity contribution >= 4 is 0 Å². The first kappa shape index (κ1) is 13.4. The predicted molar refractivity (Wildman–Crippen MR) is 81.3 cm³/mol. The van der Waals surface area contributed by atoms with Crippen molar-refractivity contribution in [2.24, 2.45) is 11.8 Å². The Morgan fingerprint density at radius 2 is 2.20 bits per heavy atom. The quantitative estimate of drug-likeness (QED) is 0.892. The lowest BCUT2D eigenvalue weighted by atomic mass is 9.74. The van der Waals surface area contributed by atoms with E-state index in [1.54, 1.807) is 0 Å². The number of aromatic amines is 1. The molecule has 106 valence electrons. The number of fused-ring (bicyclic) bond motifs is 1. The number of rotatable bonds is 4. The van der Waals surface area contributed by atoms with E-state index in [2.05, 4.69) is 53.4 Å². The molecule has 0 bridgehead atoms. The van der Waals surface area contributed by atoms with Crippen molar-refractivity contribution in [1.29, 1.82) is 0 Å². The maximum atomic E-state index is 4.31. The van der Waals surface area contributed by atoms with Gasteiger partial charge in [0.25, 0.3) is 0 Å². The highest BCUT2D eigenvalue weighted by atomic mass is 15.0. The van der Waals surface area contributed by atoms with Crippen LogP contribution < -0.4 is 5.32 Å². The molecule has 0 fully saturated rings. The highest BCUT2D eigenvalue weighted by molar-refractivity contribution is 5.33. The average Bonchev–Trinajstić information content (AvgIpc) is 2.97. The van der Waals surface area contributed by atoms with Crippen LogP contribution in [0.3, 0.4) is 0 Å². The largest absolute Gasteiger partial charge is 0.348 e. The Kier molecular flexibility index (Phi) is 3.88. The molecule has 1 aliphatic rings. The monoisotopic (exact) mass is 269 g/mol. The third kappa shape index (κ3) is 2.63. The summed E-state index contributed by atoms with van der Waals surface area (Å²) >= 11 is 0. The van der Waals surface area contributed by atoms with E-state index in [0.717, 1.165) is 12.4 Å². The third-order valence-electron chi connectivity index (χ3n) is 4.47. The summed E-state index contributed by atoms with van der Waals surface area (Å²) in [5.74, 6) is 2.40. The van der Waals surface area contributed by atoms with E-state index >= 15 is 0 Å². The van der Waals surface area contributed by atoms with E-state index in [4.69, 9.17) is 0 Å². The van der Waals surface area contributed by atoms with Gasteiger partial charge < -0.3 is 10.3 Å². The van der Waals surface area contributed by atoms with Gasteiger partial charge in [0, 0.05) is 18.4 Å². The van der Waals surface area contributed by atoms with Gasteiger partial charge in [0.15, 0.2) is 0 Å². The summed E-state index contributed by atoms with van der Waals surface area (Å²) in [4.78, 5) is 7.48. The molecular formula is C17H23N3. The van der Waals surface area contributed by atoms with E-state index in [-0.39, 0.29) is 0 Å². The standard InChI is InChI=1S/C17H23N3/c1-12(2)14-8-7-13-5-3-4-6-15(13)17(14)20-11-16-18-9-10-19-16/h3-6,9-10,12,14,17,20H,7-8,11H2,1-2H3,(H,18,19)/t14-,17+/m1/s1. The lowest BCUT2D eigenvalue weighted by molar-refractivity contribution is 0.245.